The summed E-state index contributed by atoms with van der Waals surface area (Å²) in [6, 6.07) is 5.78. The fraction of sp³-hybridized carbons (Fsp3) is 0.654. The summed E-state index contributed by atoms with van der Waals surface area (Å²) in [5, 5.41) is 0. The molecule has 1 saturated heterocycles. The first-order chi connectivity index (χ1) is 16.7. The fourth-order valence-electron chi connectivity index (χ4n) is 3.75. The van der Waals surface area contributed by atoms with Crippen LogP contribution in [-0.2, 0) is 24.4 Å². The number of ether oxygens (including phenoxy) is 2. The van der Waals surface area contributed by atoms with Crippen LogP contribution in [0.2, 0.25) is 0 Å². The highest BCUT2D eigenvalue weighted by Crippen LogP contribution is 2.12. The predicted molar refractivity (Wildman–Crippen MR) is 145 cm³/mol. The first kappa shape index (κ1) is 31.8. The zero-order valence-electron chi connectivity index (χ0n) is 21.1. The Morgan fingerprint density at radius 2 is 1.63 bits per heavy atom. The highest BCUT2D eigenvalue weighted by Gasteiger charge is 2.32. The Labute approximate surface area is 225 Å². The lowest BCUT2D eigenvalue weighted by Gasteiger charge is -2.38. The second-order valence-electron chi connectivity index (χ2n) is 8.95. The molecule has 2 rings (SSSR count). The third-order valence-corrected chi connectivity index (χ3v) is 7.17. The molecular formula is C26H40INO6S. The molecule has 1 aliphatic rings. The van der Waals surface area contributed by atoms with Crippen molar-refractivity contribution in [2.45, 2.75) is 70.1 Å². The maximum Gasteiger partial charge on any atom is 0.361 e. The highest BCUT2D eigenvalue weighted by atomic mass is 127. The van der Waals surface area contributed by atoms with Crippen molar-refractivity contribution in [1.82, 2.24) is 0 Å². The standard InChI is InChI=1S/C19H33INO3.C7H8O3S/c1-2-3-4-5-6-7-8-9-15-24-19(22)18-21(12-10-11-20)13-16-23-17-14-21;1-6-2-4-7(5-3-6)11(8,9)10/h2-9,12-18H2,1H3;2-5H,1H3,(H,8,9,10)/q+1;/p-1. The Kier molecular flexibility index (Phi) is 16.5. The SMILES string of the molecule is CCCCCCCCCCOC(=O)C[N+]1(CC#CI)CCOCC1.Cc1ccc(S(=O)(=O)[O-])cc1. The number of unbranched alkanes of at least 4 members (excludes halogenated alkanes) is 7. The molecule has 0 N–H and O–H groups in total. The number of rotatable bonds is 13. The maximum absolute atomic E-state index is 12.2. The lowest BCUT2D eigenvalue weighted by Crippen LogP contribution is -2.57. The van der Waals surface area contributed by atoms with Crippen molar-refractivity contribution in [3.63, 3.8) is 0 Å². The van der Waals surface area contributed by atoms with Crippen molar-refractivity contribution in [1.29, 1.82) is 0 Å². The molecule has 198 valence electrons. The van der Waals surface area contributed by atoms with Gasteiger partial charge in [-0.25, -0.2) is 13.2 Å². The van der Waals surface area contributed by atoms with Crippen LogP contribution in [0.15, 0.2) is 29.2 Å². The summed E-state index contributed by atoms with van der Waals surface area (Å²) in [5.74, 6) is 3.03. The average molecular weight is 622 g/mol. The van der Waals surface area contributed by atoms with Crippen LogP contribution in [0.1, 0.15) is 63.9 Å². The number of carbonyl (C=O) groups is 1. The number of aryl methyl sites for hydroxylation is 1. The molecule has 0 spiro atoms. The number of esters is 1. The monoisotopic (exact) mass is 621 g/mol. The number of nitrogens with zero attached hydrogens (tertiary/aromatic N) is 1. The molecule has 0 radical (unpaired) electrons. The molecule has 7 nitrogen and oxygen atoms in total. The normalized spacial score (nSPS) is 14.7. The van der Waals surface area contributed by atoms with Crippen molar-refractivity contribution in [3.8, 4) is 9.85 Å². The van der Waals surface area contributed by atoms with Gasteiger partial charge in [0.05, 0.1) is 24.7 Å². The summed E-state index contributed by atoms with van der Waals surface area (Å²) in [7, 11) is -4.27. The third kappa shape index (κ3) is 14.8. The third-order valence-electron chi connectivity index (χ3n) is 5.94. The van der Waals surface area contributed by atoms with Crippen molar-refractivity contribution >= 4 is 38.7 Å². The fourth-order valence-corrected chi connectivity index (χ4v) is 4.39. The van der Waals surface area contributed by atoms with Crippen LogP contribution < -0.4 is 0 Å². The quantitative estimate of drug-likeness (QED) is 0.0784. The molecule has 1 fully saturated rings. The Hall–Kier alpha value is -1.19. The minimum absolute atomic E-state index is 0.0879. The number of halogens is 1. The largest absolute Gasteiger partial charge is 0.744 e. The summed E-state index contributed by atoms with van der Waals surface area (Å²) in [6.45, 7) is 8.85. The highest BCUT2D eigenvalue weighted by molar-refractivity contribution is 14.1. The Morgan fingerprint density at radius 3 is 2.17 bits per heavy atom. The minimum Gasteiger partial charge on any atom is -0.744 e. The van der Waals surface area contributed by atoms with Crippen LogP contribution in [0.25, 0.3) is 0 Å². The van der Waals surface area contributed by atoms with E-state index < -0.39 is 10.1 Å². The van der Waals surface area contributed by atoms with Crippen molar-refractivity contribution in [2.75, 3.05) is 46.0 Å². The van der Waals surface area contributed by atoms with Crippen LogP contribution in [0.3, 0.4) is 0 Å². The lowest BCUT2D eigenvalue weighted by atomic mass is 10.1. The molecule has 1 aliphatic heterocycles. The number of morpholine rings is 1. The minimum atomic E-state index is -4.27. The van der Waals surface area contributed by atoms with Crippen LogP contribution in [-0.4, -0.2) is 69.4 Å². The van der Waals surface area contributed by atoms with E-state index in [-0.39, 0.29) is 10.9 Å². The predicted octanol–water partition coefficient (Wildman–Crippen LogP) is 4.81. The lowest BCUT2D eigenvalue weighted by molar-refractivity contribution is -0.921. The summed E-state index contributed by atoms with van der Waals surface area (Å²) >= 11 is 2.05. The molecule has 9 heteroatoms. The second kappa shape index (κ2) is 18.1. The van der Waals surface area contributed by atoms with E-state index in [9.17, 15) is 17.8 Å². The average Bonchev–Trinajstić information content (AvgIpc) is 2.82. The summed E-state index contributed by atoms with van der Waals surface area (Å²) in [4.78, 5) is 12.0. The van der Waals surface area contributed by atoms with Crippen molar-refractivity contribution in [3.05, 3.63) is 29.8 Å². The van der Waals surface area contributed by atoms with Gasteiger partial charge < -0.3 is 18.5 Å². The topological polar surface area (TPSA) is 92.7 Å². The van der Waals surface area contributed by atoms with E-state index in [1.54, 1.807) is 12.1 Å². The van der Waals surface area contributed by atoms with Gasteiger partial charge in [-0.15, -0.1) is 0 Å². The van der Waals surface area contributed by atoms with Gasteiger partial charge in [-0.1, -0.05) is 69.6 Å². The van der Waals surface area contributed by atoms with Gasteiger partial charge in [-0.3, -0.25) is 0 Å². The van der Waals surface area contributed by atoms with Crippen LogP contribution in [0.5, 0.6) is 0 Å². The number of quaternary nitrogens is 1. The molecular weight excluding hydrogens is 581 g/mol. The van der Waals surface area contributed by atoms with Crippen molar-refractivity contribution in [2.24, 2.45) is 0 Å². The number of carbonyl (C=O) groups excluding carboxylic acids is 1. The Balaban J connectivity index is 0.000000462. The molecule has 0 unspecified atom stereocenters. The van der Waals surface area contributed by atoms with E-state index in [2.05, 4.69) is 39.4 Å². The van der Waals surface area contributed by atoms with E-state index in [4.69, 9.17) is 9.47 Å². The molecule has 0 saturated carbocycles. The molecule has 0 atom stereocenters. The van der Waals surface area contributed by atoms with Crippen LogP contribution >= 0.6 is 22.6 Å². The Morgan fingerprint density at radius 1 is 1.06 bits per heavy atom. The molecule has 35 heavy (non-hydrogen) atoms. The summed E-state index contributed by atoms with van der Waals surface area (Å²) < 4.78 is 45.6. The van der Waals surface area contributed by atoms with Gasteiger partial charge in [-0.05, 0) is 35.3 Å². The van der Waals surface area contributed by atoms with Crippen molar-refractivity contribution < 1.29 is 31.7 Å². The van der Waals surface area contributed by atoms with Gasteiger partial charge in [0.15, 0.2) is 6.54 Å². The molecule has 0 aromatic heterocycles. The van der Waals surface area contributed by atoms with E-state index >= 15 is 0 Å². The van der Waals surface area contributed by atoms with Gasteiger partial charge in [0.25, 0.3) is 0 Å². The van der Waals surface area contributed by atoms with Crippen LogP contribution in [0, 0.1) is 16.8 Å². The zero-order chi connectivity index (χ0) is 26.0. The number of hydrogen-bond acceptors (Lipinski definition) is 6. The maximum atomic E-state index is 12.2. The first-order valence-corrected chi connectivity index (χ1v) is 14.9. The number of benzene rings is 1. The molecule has 0 aliphatic carbocycles. The molecule has 1 aromatic rings. The first-order valence-electron chi connectivity index (χ1n) is 12.4. The van der Waals surface area contributed by atoms with Gasteiger partial charge in [0.2, 0.25) is 0 Å². The molecule has 1 aromatic carbocycles. The smallest absolute Gasteiger partial charge is 0.361 e. The van der Waals surface area contributed by atoms with E-state index in [1.807, 2.05) is 6.92 Å². The molecule has 0 bridgehead atoms. The summed E-state index contributed by atoms with van der Waals surface area (Å²) in [6.07, 6.45) is 10.1. The van der Waals surface area contributed by atoms with Gasteiger partial charge in [-0.2, -0.15) is 0 Å². The van der Waals surface area contributed by atoms with Gasteiger partial charge >= 0.3 is 5.97 Å². The molecule has 1 heterocycles. The van der Waals surface area contributed by atoms with E-state index in [0.29, 0.717) is 37.4 Å². The molecule has 0 amide bonds. The number of hydrogen-bond donors (Lipinski definition) is 0. The van der Waals surface area contributed by atoms with Gasteiger partial charge in [0, 0.05) is 22.6 Å². The van der Waals surface area contributed by atoms with Crippen LogP contribution in [0.4, 0.5) is 0 Å². The second-order valence-corrected chi connectivity index (χ2v) is 10.9. The van der Waals surface area contributed by atoms with Gasteiger partial charge in [0.1, 0.15) is 29.8 Å². The van der Waals surface area contributed by atoms with E-state index in [1.165, 1.54) is 50.7 Å². The summed E-state index contributed by atoms with van der Waals surface area (Å²) in [5.41, 5.74) is 0.928. The zero-order valence-corrected chi connectivity index (χ0v) is 24.1. The van der Waals surface area contributed by atoms with E-state index in [0.717, 1.165) is 31.5 Å². The Bertz CT molecular complexity index is 887.